The predicted octanol–water partition coefficient (Wildman–Crippen LogP) is 1.87. The maximum atomic E-state index is 13.0. The Hall–Kier alpha value is -3.46. The summed E-state index contributed by atoms with van der Waals surface area (Å²) in [6, 6.07) is 2.82. The van der Waals surface area contributed by atoms with Gasteiger partial charge in [-0.3, -0.25) is 4.79 Å². The molecule has 2 aromatic heterocycles. The first-order chi connectivity index (χ1) is 15.5. The molecule has 15 heteroatoms. The molecule has 33 heavy (non-hydrogen) atoms. The normalized spacial score (nSPS) is 15.0. The zero-order chi connectivity index (χ0) is 23.8. The van der Waals surface area contributed by atoms with Crippen molar-refractivity contribution in [1.82, 2.24) is 28.8 Å². The maximum Gasteiger partial charge on any atom is 0.416 e. The topological polar surface area (TPSA) is 135 Å². The van der Waals surface area contributed by atoms with Crippen LogP contribution in [-0.2, 0) is 29.4 Å². The Morgan fingerprint density at radius 1 is 1.21 bits per heavy atom. The van der Waals surface area contributed by atoms with Crippen LogP contribution in [0.4, 0.5) is 24.9 Å². The Balaban J connectivity index is 1.43. The summed E-state index contributed by atoms with van der Waals surface area (Å²) in [6.45, 7) is 2.11. The summed E-state index contributed by atoms with van der Waals surface area (Å²) in [5.41, 5.74) is -0.687. The van der Waals surface area contributed by atoms with Gasteiger partial charge in [-0.15, -0.1) is 10.2 Å². The number of anilines is 2. The summed E-state index contributed by atoms with van der Waals surface area (Å²) < 4.78 is 74.0. The minimum absolute atomic E-state index is 0.0721. The summed E-state index contributed by atoms with van der Waals surface area (Å²) in [4.78, 5) is 16.3. The molecule has 176 valence electrons. The molecule has 1 aromatic carbocycles. The van der Waals surface area contributed by atoms with Crippen molar-refractivity contribution in [3.8, 4) is 0 Å². The molecule has 2 N–H and O–H groups in total. The van der Waals surface area contributed by atoms with Crippen LogP contribution in [0.1, 0.15) is 27.4 Å². The fourth-order valence-electron chi connectivity index (χ4n) is 3.17. The molecule has 3 heterocycles. The largest absolute Gasteiger partial charge is 0.431 e. The molecule has 4 rings (SSSR count). The maximum absolute atomic E-state index is 13.0. The van der Waals surface area contributed by atoms with Gasteiger partial charge in [0.05, 0.1) is 5.56 Å². The van der Waals surface area contributed by atoms with Crippen LogP contribution in [0.5, 0.6) is 0 Å². The number of rotatable bonds is 5. The van der Waals surface area contributed by atoms with E-state index in [2.05, 4.69) is 20.5 Å². The van der Waals surface area contributed by atoms with Crippen molar-refractivity contribution >= 4 is 27.8 Å². The van der Waals surface area contributed by atoms with E-state index in [1.54, 1.807) is 11.5 Å². The number of benzene rings is 1. The Labute approximate surface area is 185 Å². The van der Waals surface area contributed by atoms with Crippen molar-refractivity contribution in [2.24, 2.45) is 0 Å². The minimum atomic E-state index is -4.54. The highest BCUT2D eigenvalue weighted by Crippen LogP contribution is 2.33. The van der Waals surface area contributed by atoms with Crippen molar-refractivity contribution in [3.05, 3.63) is 53.4 Å². The number of aromatic nitrogens is 4. The van der Waals surface area contributed by atoms with Gasteiger partial charge in [-0.1, -0.05) is 6.07 Å². The Morgan fingerprint density at radius 3 is 2.76 bits per heavy atom. The number of fused-ring (bicyclic) bond motifs is 1. The molecule has 0 unspecified atom stereocenters. The molecular formula is C18H18F3N7O4S. The number of halogens is 3. The lowest BCUT2D eigenvalue weighted by Crippen LogP contribution is -2.44. The van der Waals surface area contributed by atoms with Gasteiger partial charge in [-0.05, 0) is 24.6 Å². The van der Waals surface area contributed by atoms with Crippen LogP contribution in [-0.4, -0.2) is 51.5 Å². The van der Waals surface area contributed by atoms with Crippen LogP contribution in [0.15, 0.2) is 35.2 Å². The molecule has 1 aliphatic rings. The van der Waals surface area contributed by atoms with Crippen LogP contribution >= 0.6 is 0 Å². The smallest absolute Gasteiger partial charge is 0.416 e. The van der Waals surface area contributed by atoms with Gasteiger partial charge in [-0.2, -0.15) is 30.9 Å². The second-order valence-electron chi connectivity index (χ2n) is 7.22. The number of hydrogen-bond acceptors (Lipinski definition) is 8. The summed E-state index contributed by atoms with van der Waals surface area (Å²) in [7, 11) is -4.18. The van der Waals surface area contributed by atoms with Gasteiger partial charge < -0.3 is 14.3 Å². The number of nitrogens with zero attached hydrogens (tertiary/aromatic N) is 5. The Bertz CT molecular complexity index is 1260. The molecule has 11 nitrogen and oxygen atoms in total. The second kappa shape index (κ2) is 8.47. The van der Waals surface area contributed by atoms with Crippen LogP contribution in [0.3, 0.4) is 0 Å². The quantitative estimate of drug-likeness (QED) is 0.559. The van der Waals surface area contributed by atoms with Gasteiger partial charge in [0, 0.05) is 31.7 Å². The van der Waals surface area contributed by atoms with E-state index in [1.807, 2.05) is 4.72 Å². The van der Waals surface area contributed by atoms with Crippen molar-refractivity contribution in [2.45, 2.75) is 26.1 Å². The van der Waals surface area contributed by atoms with Crippen molar-refractivity contribution < 1.29 is 30.8 Å². The first-order valence-electron chi connectivity index (χ1n) is 9.62. The predicted molar refractivity (Wildman–Crippen MR) is 108 cm³/mol. The van der Waals surface area contributed by atoms with Gasteiger partial charge in [0.2, 0.25) is 0 Å². The van der Waals surface area contributed by atoms with Crippen molar-refractivity contribution in [3.63, 3.8) is 0 Å². The first kappa shape index (κ1) is 22.7. The molecule has 0 saturated carbocycles. The number of nitrogens with one attached hydrogen (secondary N) is 2. The fourth-order valence-corrected chi connectivity index (χ4v) is 4.29. The van der Waals surface area contributed by atoms with E-state index in [1.165, 1.54) is 12.4 Å². The van der Waals surface area contributed by atoms with Crippen LogP contribution in [0.25, 0.3) is 0 Å². The van der Waals surface area contributed by atoms with Gasteiger partial charge in [0.25, 0.3) is 11.9 Å². The number of carbonyl (C=O) groups is 1. The molecule has 1 amide bonds. The summed E-state index contributed by atoms with van der Waals surface area (Å²) >= 11 is 0. The number of carbonyl (C=O) groups excluding carboxylic acids is 1. The monoisotopic (exact) mass is 485 g/mol. The van der Waals surface area contributed by atoms with E-state index >= 15 is 0 Å². The highest BCUT2D eigenvalue weighted by molar-refractivity contribution is 7.87. The lowest BCUT2D eigenvalue weighted by molar-refractivity contribution is -0.137. The van der Waals surface area contributed by atoms with Crippen LogP contribution < -0.4 is 10.0 Å². The molecule has 0 spiro atoms. The van der Waals surface area contributed by atoms with Crippen LogP contribution in [0, 0.1) is 6.92 Å². The molecule has 0 fully saturated rings. The summed E-state index contributed by atoms with van der Waals surface area (Å²) in [5, 5.41) is 10.3. The van der Waals surface area contributed by atoms with Gasteiger partial charge in [0.1, 0.15) is 18.4 Å². The molecule has 0 saturated heterocycles. The average Bonchev–Trinajstić information content (AvgIpc) is 3.33. The molecule has 0 aliphatic carbocycles. The highest BCUT2D eigenvalue weighted by atomic mass is 32.2. The molecular weight excluding hydrogens is 467 g/mol. The Morgan fingerprint density at radius 2 is 2.00 bits per heavy atom. The number of oxazole rings is 1. The number of alkyl halides is 3. The zero-order valence-corrected chi connectivity index (χ0v) is 17.9. The van der Waals surface area contributed by atoms with E-state index in [4.69, 9.17) is 4.42 Å². The lowest BCUT2D eigenvalue weighted by Gasteiger charge is -2.19. The SMILES string of the molecule is Cc1ccc(C(F)(F)F)cc1Nc1nc(C(=O)NS(=O)(=O)N2CCc3nncn3CC2)co1. The number of amides is 1. The second-order valence-corrected chi connectivity index (χ2v) is 8.89. The van der Waals surface area contributed by atoms with Gasteiger partial charge in [0.15, 0.2) is 5.69 Å². The molecule has 0 atom stereocenters. The van der Waals surface area contributed by atoms with E-state index in [0.29, 0.717) is 24.4 Å². The first-order valence-corrected chi connectivity index (χ1v) is 11.1. The van der Waals surface area contributed by atoms with Gasteiger partial charge in [-0.25, -0.2) is 4.72 Å². The van der Waals surface area contributed by atoms with E-state index in [0.717, 1.165) is 22.7 Å². The fraction of sp³-hybridized carbons (Fsp3) is 0.333. The third kappa shape index (κ3) is 4.98. The van der Waals surface area contributed by atoms with Crippen molar-refractivity contribution in [2.75, 3.05) is 18.4 Å². The lowest BCUT2D eigenvalue weighted by atomic mass is 10.1. The highest BCUT2D eigenvalue weighted by Gasteiger charge is 2.31. The zero-order valence-electron chi connectivity index (χ0n) is 17.1. The van der Waals surface area contributed by atoms with E-state index in [-0.39, 0.29) is 30.5 Å². The summed E-state index contributed by atoms with van der Waals surface area (Å²) in [5.74, 6) is -0.410. The van der Waals surface area contributed by atoms with E-state index < -0.39 is 27.9 Å². The molecule has 3 aromatic rings. The molecule has 0 bridgehead atoms. The van der Waals surface area contributed by atoms with Crippen LogP contribution in [0.2, 0.25) is 0 Å². The third-order valence-corrected chi connectivity index (χ3v) is 6.46. The molecule has 1 aliphatic heterocycles. The van der Waals surface area contributed by atoms with Gasteiger partial charge >= 0.3 is 16.4 Å². The van der Waals surface area contributed by atoms with Crippen molar-refractivity contribution in [1.29, 1.82) is 0 Å². The Kier molecular flexibility index (Phi) is 5.84. The minimum Gasteiger partial charge on any atom is -0.431 e. The average molecular weight is 485 g/mol. The molecule has 0 radical (unpaired) electrons. The standard InChI is InChI=1S/C18H18F3N7O4S/c1-11-2-3-12(18(19,20)21)8-13(11)23-17-24-14(9-32-17)16(29)26-33(30,31)28-5-4-15-25-22-10-27(15)6-7-28/h2-3,8-10H,4-7H2,1H3,(H,23,24)(H,26,29). The summed E-state index contributed by atoms with van der Waals surface area (Å²) in [6.07, 6.45) is -1.81. The number of hydrogen-bond donors (Lipinski definition) is 2. The third-order valence-electron chi connectivity index (χ3n) is 4.98. The van der Waals surface area contributed by atoms with E-state index in [9.17, 15) is 26.4 Å². The number of aryl methyl sites for hydroxylation is 1.